The van der Waals surface area contributed by atoms with Crippen LogP contribution in [0.4, 0.5) is 0 Å². The van der Waals surface area contributed by atoms with Gasteiger partial charge in [0.05, 0.1) is 0 Å². The summed E-state index contributed by atoms with van der Waals surface area (Å²) in [4.78, 5) is 2.86. The summed E-state index contributed by atoms with van der Waals surface area (Å²) in [5.74, 6) is 0.598. The summed E-state index contributed by atoms with van der Waals surface area (Å²) >= 11 is 1.89. The van der Waals surface area contributed by atoms with E-state index in [1.807, 2.05) is 11.3 Å². The van der Waals surface area contributed by atoms with E-state index >= 15 is 0 Å². The molecule has 0 spiro atoms. The van der Waals surface area contributed by atoms with Gasteiger partial charge in [-0.1, -0.05) is 13.8 Å². The van der Waals surface area contributed by atoms with Crippen molar-refractivity contribution in [1.29, 1.82) is 0 Å². The van der Waals surface area contributed by atoms with Crippen LogP contribution in [0.2, 0.25) is 0 Å². The van der Waals surface area contributed by atoms with Crippen LogP contribution in [-0.2, 0) is 6.42 Å². The van der Waals surface area contributed by atoms with E-state index in [9.17, 15) is 0 Å². The third kappa shape index (κ3) is 3.49. The molecule has 0 aliphatic heterocycles. The van der Waals surface area contributed by atoms with Gasteiger partial charge < -0.3 is 5.73 Å². The Kier molecular flexibility index (Phi) is 3.94. The highest BCUT2D eigenvalue weighted by Gasteiger charge is 2.07. The van der Waals surface area contributed by atoms with Gasteiger partial charge in [0, 0.05) is 15.8 Å². The zero-order valence-corrected chi connectivity index (χ0v) is 9.53. The van der Waals surface area contributed by atoms with E-state index in [1.165, 1.54) is 9.75 Å². The number of thiophene rings is 1. The Bertz CT molecular complexity index is 252. The average Bonchev–Trinajstić information content (AvgIpc) is 2.47. The van der Waals surface area contributed by atoms with Crippen LogP contribution < -0.4 is 5.73 Å². The Hall–Kier alpha value is -0.340. The number of hydrogen-bond acceptors (Lipinski definition) is 2. The molecule has 74 valence electrons. The van der Waals surface area contributed by atoms with Crippen LogP contribution in [0.3, 0.4) is 0 Å². The Morgan fingerprint density at radius 3 is 2.54 bits per heavy atom. The SMILES string of the molecule is Cc1ccc(CCC(N)C(C)C)s1. The van der Waals surface area contributed by atoms with Crippen LogP contribution in [-0.4, -0.2) is 6.04 Å². The molecule has 0 aromatic carbocycles. The smallest absolute Gasteiger partial charge is 0.00653 e. The lowest BCUT2D eigenvalue weighted by atomic mass is 10.0. The van der Waals surface area contributed by atoms with Gasteiger partial charge in [0.2, 0.25) is 0 Å². The van der Waals surface area contributed by atoms with Gasteiger partial charge in [0.15, 0.2) is 0 Å². The molecule has 1 nitrogen and oxygen atoms in total. The van der Waals surface area contributed by atoms with E-state index in [1.54, 1.807) is 0 Å². The molecule has 0 radical (unpaired) electrons. The molecule has 0 fully saturated rings. The molecule has 2 heteroatoms. The highest BCUT2D eigenvalue weighted by atomic mass is 32.1. The molecule has 1 heterocycles. The summed E-state index contributed by atoms with van der Waals surface area (Å²) in [5.41, 5.74) is 5.98. The van der Waals surface area contributed by atoms with Gasteiger partial charge >= 0.3 is 0 Å². The highest BCUT2D eigenvalue weighted by Crippen LogP contribution is 2.18. The first-order valence-corrected chi connectivity index (χ1v) is 5.72. The van der Waals surface area contributed by atoms with Gasteiger partial charge in [-0.25, -0.2) is 0 Å². The highest BCUT2D eigenvalue weighted by molar-refractivity contribution is 7.11. The fraction of sp³-hybridized carbons (Fsp3) is 0.636. The van der Waals surface area contributed by atoms with Crippen molar-refractivity contribution in [3.8, 4) is 0 Å². The Balaban J connectivity index is 2.35. The fourth-order valence-corrected chi connectivity index (χ4v) is 2.17. The molecule has 13 heavy (non-hydrogen) atoms. The molecule has 0 aliphatic carbocycles. The molecule has 0 aliphatic rings. The van der Waals surface area contributed by atoms with Crippen LogP contribution in [0.15, 0.2) is 12.1 Å². The van der Waals surface area contributed by atoms with Crippen LogP contribution in [0, 0.1) is 12.8 Å². The first-order chi connectivity index (χ1) is 6.09. The zero-order valence-electron chi connectivity index (χ0n) is 8.71. The third-order valence-corrected chi connectivity index (χ3v) is 3.44. The maximum absolute atomic E-state index is 5.98. The predicted molar refractivity (Wildman–Crippen MR) is 60.2 cm³/mol. The van der Waals surface area contributed by atoms with E-state index < -0.39 is 0 Å². The molecule has 0 bridgehead atoms. The van der Waals surface area contributed by atoms with Crippen LogP contribution >= 0.6 is 11.3 Å². The molecule has 1 aromatic heterocycles. The summed E-state index contributed by atoms with van der Waals surface area (Å²) in [6.45, 7) is 6.52. The molecular weight excluding hydrogens is 178 g/mol. The predicted octanol–water partition coefficient (Wildman–Crippen LogP) is 2.97. The minimum absolute atomic E-state index is 0.349. The number of hydrogen-bond donors (Lipinski definition) is 1. The van der Waals surface area contributed by atoms with Crippen molar-refractivity contribution >= 4 is 11.3 Å². The summed E-state index contributed by atoms with van der Waals surface area (Å²) in [5, 5.41) is 0. The van der Waals surface area contributed by atoms with Gasteiger partial charge in [-0.05, 0) is 37.8 Å². The molecule has 0 amide bonds. The standard InChI is InChI=1S/C11H19NS/c1-8(2)11(12)7-6-10-5-4-9(3)13-10/h4-5,8,11H,6-7,12H2,1-3H3. The average molecular weight is 197 g/mol. The second-order valence-corrected chi connectivity index (χ2v) is 5.33. The normalized spacial score (nSPS) is 13.6. The van der Waals surface area contributed by atoms with Crippen molar-refractivity contribution in [3.05, 3.63) is 21.9 Å². The van der Waals surface area contributed by atoms with Crippen LogP contribution in [0.25, 0.3) is 0 Å². The second-order valence-electron chi connectivity index (χ2n) is 3.96. The molecular formula is C11H19NS. The van der Waals surface area contributed by atoms with E-state index in [0.29, 0.717) is 12.0 Å². The maximum Gasteiger partial charge on any atom is 0.00653 e. The van der Waals surface area contributed by atoms with Gasteiger partial charge in [0.25, 0.3) is 0 Å². The minimum Gasteiger partial charge on any atom is -0.327 e. The van der Waals surface area contributed by atoms with Crippen molar-refractivity contribution in [2.24, 2.45) is 11.7 Å². The Labute approximate surface area is 85.0 Å². The van der Waals surface area contributed by atoms with E-state index in [4.69, 9.17) is 5.73 Å². The molecule has 0 saturated heterocycles. The summed E-state index contributed by atoms with van der Waals surface area (Å²) in [7, 11) is 0. The summed E-state index contributed by atoms with van der Waals surface area (Å²) < 4.78 is 0. The van der Waals surface area contributed by atoms with Crippen molar-refractivity contribution in [2.75, 3.05) is 0 Å². The lowest BCUT2D eigenvalue weighted by Crippen LogP contribution is -2.26. The number of nitrogens with two attached hydrogens (primary N) is 1. The number of rotatable bonds is 4. The van der Waals surface area contributed by atoms with Crippen molar-refractivity contribution < 1.29 is 0 Å². The first-order valence-electron chi connectivity index (χ1n) is 4.90. The topological polar surface area (TPSA) is 26.0 Å². The van der Waals surface area contributed by atoms with Crippen LogP contribution in [0.1, 0.15) is 30.0 Å². The largest absolute Gasteiger partial charge is 0.327 e. The van der Waals surface area contributed by atoms with E-state index in [-0.39, 0.29) is 0 Å². The van der Waals surface area contributed by atoms with Crippen LogP contribution in [0.5, 0.6) is 0 Å². The molecule has 0 saturated carbocycles. The second kappa shape index (κ2) is 4.77. The summed E-state index contributed by atoms with van der Waals surface area (Å²) in [6, 6.07) is 4.75. The summed E-state index contributed by atoms with van der Waals surface area (Å²) in [6.07, 6.45) is 2.25. The van der Waals surface area contributed by atoms with Gasteiger partial charge in [0.1, 0.15) is 0 Å². The third-order valence-electron chi connectivity index (χ3n) is 2.38. The lowest BCUT2D eigenvalue weighted by molar-refractivity contribution is 0.465. The van der Waals surface area contributed by atoms with Gasteiger partial charge in [-0.15, -0.1) is 11.3 Å². The minimum atomic E-state index is 0.349. The van der Waals surface area contributed by atoms with Crippen molar-refractivity contribution in [3.63, 3.8) is 0 Å². The Morgan fingerprint density at radius 1 is 1.38 bits per heavy atom. The first kappa shape index (κ1) is 10.7. The molecule has 2 N–H and O–H groups in total. The molecule has 1 unspecified atom stereocenters. The van der Waals surface area contributed by atoms with Crippen molar-refractivity contribution in [1.82, 2.24) is 0 Å². The monoisotopic (exact) mass is 197 g/mol. The zero-order chi connectivity index (χ0) is 9.84. The van der Waals surface area contributed by atoms with Gasteiger partial charge in [-0.2, -0.15) is 0 Å². The number of aryl methyl sites for hydroxylation is 2. The maximum atomic E-state index is 5.98. The quantitative estimate of drug-likeness (QED) is 0.789. The van der Waals surface area contributed by atoms with E-state index in [2.05, 4.69) is 32.9 Å². The fourth-order valence-electron chi connectivity index (χ4n) is 1.26. The van der Waals surface area contributed by atoms with Gasteiger partial charge in [-0.3, -0.25) is 0 Å². The lowest BCUT2D eigenvalue weighted by Gasteiger charge is -2.14. The molecule has 1 atom stereocenters. The molecule has 1 aromatic rings. The molecule has 1 rings (SSSR count). The van der Waals surface area contributed by atoms with Crippen molar-refractivity contribution in [2.45, 2.75) is 39.7 Å². The Morgan fingerprint density at radius 2 is 2.08 bits per heavy atom. The van der Waals surface area contributed by atoms with E-state index in [0.717, 1.165) is 12.8 Å².